The first-order chi connectivity index (χ1) is 12.2. The summed E-state index contributed by atoms with van der Waals surface area (Å²) in [4.78, 5) is 28.3. The molecule has 0 aliphatic carbocycles. The maximum absolute atomic E-state index is 12.6. The molecule has 0 saturated carbocycles. The molecule has 1 N–H and O–H groups in total. The Morgan fingerprint density at radius 3 is 2.56 bits per heavy atom. The number of nitrogens with one attached hydrogen (secondary N) is 1. The van der Waals surface area contributed by atoms with Crippen LogP contribution in [0.25, 0.3) is 0 Å². The van der Waals surface area contributed by atoms with Gasteiger partial charge in [-0.2, -0.15) is 0 Å². The summed E-state index contributed by atoms with van der Waals surface area (Å²) in [6.45, 7) is 4.94. The minimum Gasteiger partial charge on any atom is -0.465 e. The Kier molecular flexibility index (Phi) is 5.88. The number of hydrogen-bond acceptors (Lipinski definition) is 5. The van der Waals surface area contributed by atoms with Crippen molar-refractivity contribution in [1.82, 2.24) is 9.80 Å². The number of amides is 2. The van der Waals surface area contributed by atoms with Crippen molar-refractivity contribution in [3.05, 3.63) is 29.8 Å². The molecule has 7 nitrogen and oxygen atoms in total. The molecule has 2 heterocycles. The van der Waals surface area contributed by atoms with Crippen LogP contribution in [0.1, 0.15) is 23.2 Å². The van der Waals surface area contributed by atoms with Crippen molar-refractivity contribution in [2.45, 2.75) is 18.9 Å². The van der Waals surface area contributed by atoms with Gasteiger partial charge in [-0.05, 0) is 37.1 Å². The Morgan fingerprint density at radius 1 is 1.16 bits per heavy atom. The van der Waals surface area contributed by atoms with Gasteiger partial charge in [-0.25, -0.2) is 9.59 Å². The Labute approximate surface area is 147 Å². The smallest absolute Gasteiger partial charge is 0.337 e. The van der Waals surface area contributed by atoms with Crippen LogP contribution < -0.4 is 5.32 Å². The number of carbonyl (C=O) groups excluding carboxylic acids is 2. The zero-order chi connectivity index (χ0) is 17.6. The largest absolute Gasteiger partial charge is 0.465 e. The van der Waals surface area contributed by atoms with Crippen LogP contribution in [0.2, 0.25) is 0 Å². The number of anilines is 1. The molecule has 1 aromatic rings. The van der Waals surface area contributed by atoms with Gasteiger partial charge in [-0.1, -0.05) is 0 Å². The van der Waals surface area contributed by atoms with Gasteiger partial charge in [0, 0.05) is 37.9 Å². The second kappa shape index (κ2) is 8.31. The Morgan fingerprint density at radius 2 is 1.88 bits per heavy atom. The molecule has 136 valence electrons. The van der Waals surface area contributed by atoms with E-state index in [1.54, 1.807) is 24.3 Å². The molecule has 1 unspecified atom stereocenters. The highest BCUT2D eigenvalue weighted by atomic mass is 16.5. The lowest BCUT2D eigenvalue weighted by Gasteiger charge is -2.40. The van der Waals surface area contributed by atoms with E-state index >= 15 is 0 Å². The minimum atomic E-state index is -0.387. The van der Waals surface area contributed by atoms with E-state index in [0.29, 0.717) is 17.3 Å². The molecule has 0 bridgehead atoms. The molecule has 2 amide bonds. The summed E-state index contributed by atoms with van der Waals surface area (Å²) >= 11 is 0. The molecular weight excluding hydrogens is 322 g/mol. The van der Waals surface area contributed by atoms with Crippen LogP contribution in [0, 0.1) is 0 Å². The molecule has 2 saturated heterocycles. The number of likely N-dealkylation sites (tertiary alicyclic amines) is 1. The van der Waals surface area contributed by atoms with Gasteiger partial charge >= 0.3 is 12.0 Å². The highest BCUT2D eigenvalue weighted by Crippen LogP contribution is 2.18. The van der Waals surface area contributed by atoms with E-state index in [1.165, 1.54) is 7.11 Å². The number of ether oxygens (including phenoxy) is 2. The predicted octanol–water partition coefficient (Wildman–Crippen LogP) is 1.80. The minimum absolute atomic E-state index is 0.0937. The van der Waals surface area contributed by atoms with Gasteiger partial charge in [0.05, 0.1) is 25.9 Å². The van der Waals surface area contributed by atoms with Crippen molar-refractivity contribution in [2.75, 3.05) is 51.8 Å². The summed E-state index contributed by atoms with van der Waals surface area (Å²) < 4.78 is 10.1. The van der Waals surface area contributed by atoms with E-state index in [1.807, 2.05) is 4.90 Å². The van der Waals surface area contributed by atoms with Crippen LogP contribution in [0.4, 0.5) is 10.5 Å². The summed E-state index contributed by atoms with van der Waals surface area (Å²) in [6, 6.07) is 7.04. The number of piperidine rings is 1. The average molecular weight is 347 g/mol. The topological polar surface area (TPSA) is 71.1 Å². The fourth-order valence-electron chi connectivity index (χ4n) is 3.39. The summed E-state index contributed by atoms with van der Waals surface area (Å²) in [5, 5.41) is 2.91. The van der Waals surface area contributed by atoms with Gasteiger partial charge in [-0.15, -0.1) is 0 Å². The number of hydrogen-bond donors (Lipinski definition) is 1. The number of morpholine rings is 1. The van der Waals surface area contributed by atoms with Crippen molar-refractivity contribution in [3.63, 3.8) is 0 Å². The molecular formula is C18H25N3O4. The fourth-order valence-corrected chi connectivity index (χ4v) is 3.39. The van der Waals surface area contributed by atoms with Crippen LogP contribution in [0.3, 0.4) is 0 Å². The van der Waals surface area contributed by atoms with Crippen LogP contribution in [-0.4, -0.2) is 74.3 Å². The third kappa shape index (κ3) is 4.49. The van der Waals surface area contributed by atoms with Crippen LogP contribution >= 0.6 is 0 Å². The number of nitrogens with zero attached hydrogens (tertiary/aromatic N) is 2. The summed E-state index contributed by atoms with van der Waals surface area (Å²) in [6.07, 6.45) is 2.13. The maximum atomic E-state index is 12.6. The Balaban J connectivity index is 1.56. The van der Waals surface area contributed by atoms with Gasteiger partial charge in [0.25, 0.3) is 0 Å². The second-order valence-corrected chi connectivity index (χ2v) is 6.39. The zero-order valence-corrected chi connectivity index (χ0v) is 14.6. The summed E-state index contributed by atoms with van der Waals surface area (Å²) in [7, 11) is 1.35. The second-order valence-electron chi connectivity index (χ2n) is 6.39. The normalized spacial score (nSPS) is 21.6. The lowest BCUT2D eigenvalue weighted by atomic mass is 10.0. The molecule has 7 heteroatoms. The van der Waals surface area contributed by atoms with Crippen molar-refractivity contribution in [2.24, 2.45) is 0 Å². The molecule has 3 rings (SSSR count). The van der Waals surface area contributed by atoms with Gasteiger partial charge in [0.2, 0.25) is 0 Å². The molecule has 2 fully saturated rings. The van der Waals surface area contributed by atoms with Crippen molar-refractivity contribution in [1.29, 1.82) is 0 Å². The van der Waals surface area contributed by atoms with Gasteiger partial charge in [0.1, 0.15) is 0 Å². The molecule has 1 atom stereocenters. The first-order valence-electron chi connectivity index (χ1n) is 8.73. The van der Waals surface area contributed by atoms with Crippen LogP contribution in [-0.2, 0) is 9.47 Å². The Bertz CT molecular complexity index is 599. The Hall–Kier alpha value is -2.12. The van der Waals surface area contributed by atoms with Crippen molar-refractivity contribution < 1.29 is 19.1 Å². The van der Waals surface area contributed by atoms with Crippen LogP contribution in [0.15, 0.2) is 24.3 Å². The van der Waals surface area contributed by atoms with Gasteiger partial charge in [-0.3, -0.25) is 4.90 Å². The van der Waals surface area contributed by atoms with E-state index in [4.69, 9.17) is 4.74 Å². The monoisotopic (exact) mass is 347 g/mol. The standard InChI is InChI=1S/C18H25N3O4/c1-24-17(22)14-4-6-15(7-5-14)19-18(23)21-8-2-3-16(13-21)20-9-11-25-12-10-20/h4-7,16H,2-3,8-13H2,1H3,(H,19,23). The molecule has 0 radical (unpaired) electrons. The molecule has 0 aromatic heterocycles. The van der Waals surface area contributed by atoms with E-state index in [-0.39, 0.29) is 12.0 Å². The first kappa shape index (κ1) is 17.7. The quantitative estimate of drug-likeness (QED) is 0.845. The predicted molar refractivity (Wildman–Crippen MR) is 93.8 cm³/mol. The maximum Gasteiger partial charge on any atom is 0.337 e. The SMILES string of the molecule is COC(=O)c1ccc(NC(=O)N2CCCC(N3CCOCC3)C2)cc1. The van der Waals surface area contributed by atoms with Crippen molar-refractivity contribution in [3.8, 4) is 0 Å². The van der Waals surface area contributed by atoms with Crippen LogP contribution in [0.5, 0.6) is 0 Å². The average Bonchev–Trinajstić information content (AvgIpc) is 2.68. The molecule has 0 spiro atoms. The summed E-state index contributed by atoms with van der Waals surface area (Å²) in [5.41, 5.74) is 1.14. The third-order valence-electron chi connectivity index (χ3n) is 4.80. The van der Waals surface area contributed by atoms with E-state index in [2.05, 4.69) is 15.0 Å². The van der Waals surface area contributed by atoms with Gasteiger partial charge in [0.15, 0.2) is 0 Å². The first-order valence-corrected chi connectivity index (χ1v) is 8.73. The number of urea groups is 1. The lowest BCUT2D eigenvalue weighted by Crippen LogP contribution is -2.53. The van der Waals surface area contributed by atoms with Gasteiger partial charge < -0.3 is 19.7 Å². The van der Waals surface area contributed by atoms with E-state index in [0.717, 1.165) is 52.2 Å². The van der Waals surface area contributed by atoms with E-state index < -0.39 is 0 Å². The molecule has 2 aliphatic rings. The van der Waals surface area contributed by atoms with E-state index in [9.17, 15) is 9.59 Å². The molecule has 2 aliphatic heterocycles. The number of methoxy groups -OCH3 is 1. The molecule has 25 heavy (non-hydrogen) atoms. The fraction of sp³-hybridized carbons (Fsp3) is 0.556. The number of rotatable bonds is 3. The number of carbonyl (C=O) groups is 2. The molecule has 1 aromatic carbocycles. The zero-order valence-electron chi connectivity index (χ0n) is 14.6. The highest BCUT2D eigenvalue weighted by Gasteiger charge is 2.28. The third-order valence-corrected chi connectivity index (χ3v) is 4.80. The highest BCUT2D eigenvalue weighted by molar-refractivity contribution is 5.92. The number of esters is 1. The summed E-state index contributed by atoms with van der Waals surface area (Å²) in [5.74, 6) is -0.387. The lowest BCUT2D eigenvalue weighted by molar-refractivity contribution is 0.00248. The van der Waals surface area contributed by atoms with Crippen molar-refractivity contribution >= 4 is 17.7 Å². The number of benzene rings is 1.